The van der Waals surface area contributed by atoms with Gasteiger partial charge in [0.25, 0.3) is 0 Å². The minimum atomic E-state index is -3.10. The zero-order chi connectivity index (χ0) is 12.7. The van der Waals surface area contributed by atoms with Crippen molar-refractivity contribution in [1.82, 2.24) is 5.32 Å². The van der Waals surface area contributed by atoms with Crippen molar-refractivity contribution in [3.05, 3.63) is 42.0 Å². The third kappa shape index (κ3) is 5.35. The Balaban J connectivity index is 2.49. The largest absolute Gasteiger partial charge is 0.309 e. The van der Waals surface area contributed by atoms with Crippen LogP contribution in [0.1, 0.15) is 5.56 Å². The second-order valence-corrected chi connectivity index (χ2v) is 6.00. The number of rotatable bonds is 6. The van der Waals surface area contributed by atoms with Crippen LogP contribution in [0.25, 0.3) is 0 Å². The third-order valence-corrected chi connectivity index (χ3v) is 3.51. The Kier molecular flexibility index (Phi) is 5.68. The molecule has 0 fully saturated rings. The Labute approximate surface area is 107 Å². The van der Waals surface area contributed by atoms with Crippen LogP contribution in [0.15, 0.2) is 41.3 Å². The molecule has 1 rings (SSSR count). The first-order valence-electron chi connectivity index (χ1n) is 5.24. The number of halogens is 1. The molecule has 0 saturated heterocycles. The molecule has 1 N–H and O–H groups in total. The molecule has 1 aromatic rings. The predicted octanol–water partition coefficient (Wildman–Crippen LogP) is 1.97. The Hall–Kier alpha value is -0.840. The summed E-state index contributed by atoms with van der Waals surface area (Å²) in [5, 5.41) is 3.20. The van der Waals surface area contributed by atoms with Gasteiger partial charge in [-0.25, -0.2) is 8.42 Å². The Morgan fingerprint density at radius 1 is 1.24 bits per heavy atom. The van der Waals surface area contributed by atoms with Crippen molar-refractivity contribution in [2.75, 3.05) is 18.7 Å². The Bertz CT molecular complexity index is 466. The molecule has 1 aromatic carbocycles. The number of sulfone groups is 1. The first-order chi connectivity index (χ1) is 8.04. The fourth-order valence-corrected chi connectivity index (χ4v) is 2.06. The average molecular weight is 274 g/mol. The quantitative estimate of drug-likeness (QED) is 0.490. The van der Waals surface area contributed by atoms with Gasteiger partial charge in [0.05, 0.1) is 4.90 Å². The van der Waals surface area contributed by atoms with Gasteiger partial charge in [0, 0.05) is 25.2 Å². The van der Waals surface area contributed by atoms with Crippen molar-refractivity contribution in [2.45, 2.75) is 11.4 Å². The molecular weight excluding hydrogens is 258 g/mol. The first-order valence-corrected chi connectivity index (χ1v) is 7.67. The van der Waals surface area contributed by atoms with Gasteiger partial charge in [-0.1, -0.05) is 24.3 Å². The molecule has 0 unspecified atom stereocenters. The number of benzene rings is 1. The van der Waals surface area contributed by atoms with Crippen molar-refractivity contribution < 1.29 is 8.42 Å². The molecule has 17 heavy (non-hydrogen) atoms. The summed E-state index contributed by atoms with van der Waals surface area (Å²) in [6.45, 7) is 1.46. The lowest BCUT2D eigenvalue weighted by molar-refractivity contribution is 0.602. The standard InChI is InChI=1S/C12H16ClNO2S/c1-17(15,16)12-6-4-11(5-7-12)10-14-9-3-2-8-13/h2-7,14H,8-10H2,1H3/b3-2+. The van der Waals surface area contributed by atoms with Gasteiger partial charge in [0.15, 0.2) is 9.84 Å². The summed E-state index contributed by atoms with van der Waals surface area (Å²) in [6, 6.07) is 6.88. The summed E-state index contributed by atoms with van der Waals surface area (Å²) < 4.78 is 22.5. The summed E-state index contributed by atoms with van der Waals surface area (Å²) in [5.74, 6) is 0.519. The fourth-order valence-electron chi connectivity index (χ4n) is 1.30. The molecule has 94 valence electrons. The molecule has 0 aliphatic carbocycles. The van der Waals surface area contributed by atoms with Gasteiger partial charge in [0.2, 0.25) is 0 Å². The molecule has 0 spiro atoms. The van der Waals surface area contributed by atoms with E-state index in [0.717, 1.165) is 12.1 Å². The Morgan fingerprint density at radius 2 is 1.88 bits per heavy atom. The van der Waals surface area contributed by atoms with Gasteiger partial charge in [-0.15, -0.1) is 11.6 Å². The lowest BCUT2D eigenvalue weighted by atomic mass is 10.2. The molecule has 0 heterocycles. The van der Waals surface area contributed by atoms with Crippen LogP contribution in [0.5, 0.6) is 0 Å². The van der Waals surface area contributed by atoms with Crippen LogP contribution < -0.4 is 5.32 Å². The van der Waals surface area contributed by atoms with Crippen molar-refractivity contribution in [2.24, 2.45) is 0 Å². The van der Waals surface area contributed by atoms with Crippen LogP contribution in [0.3, 0.4) is 0 Å². The van der Waals surface area contributed by atoms with Crippen LogP contribution in [0.4, 0.5) is 0 Å². The van der Waals surface area contributed by atoms with Crippen LogP contribution in [0.2, 0.25) is 0 Å². The monoisotopic (exact) mass is 273 g/mol. The molecule has 0 aromatic heterocycles. The second-order valence-electron chi connectivity index (χ2n) is 3.67. The maximum Gasteiger partial charge on any atom is 0.175 e. The smallest absolute Gasteiger partial charge is 0.175 e. The SMILES string of the molecule is CS(=O)(=O)c1ccc(CNC/C=C/CCl)cc1. The summed E-state index contributed by atoms with van der Waals surface area (Å²) in [6.07, 6.45) is 5.04. The van der Waals surface area contributed by atoms with Crippen molar-refractivity contribution >= 4 is 21.4 Å². The van der Waals surface area contributed by atoms with Gasteiger partial charge >= 0.3 is 0 Å². The number of nitrogens with one attached hydrogen (secondary N) is 1. The summed E-state index contributed by atoms with van der Waals surface area (Å²) in [4.78, 5) is 0.350. The molecule has 0 amide bonds. The minimum Gasteiger partial charge on any atom is -0.309 e. The number of hydrogen-bond acceptors (Lipinski definition) is 3. The van der Waals surface area contributed by atoms with Crippen LogP contribution in [-0.4, -0.2) is 27.1 Å². The van der Waals surface area contributed by atoms with Crippen molar-refractivity contribution in [3.8, 4) is 0 Å². The topological polar surface area (TPSA) is 46.2 Å². The van der Waals surface area contributed by atoms with E-state index in [-0.39, 0.29) is 0 Å². The van der Waals surface area contributed by atoms with E-state index in [9.17, 15) is 8.42 Å². The molecule has 5 heteroatoms. The average Bonchev–Trinajstić information content (AvgIpc) is 2.28. The first kappa shape index (κ1) is 14.2. The van der Waals surface area contributed by atoms with E-state index in [1.54, 1.807) is 12.1 Å². The van der Waals surface area contributed by atoms with Gasteiger partial charge < -0.3 is 5.32 Å². The summed E-state index contributed by atoms with van der Waals surface area (Å²) >= 11 is 5.49. The molecule has 0 aliphatic rings. The number of allylic oxidation sites excluding steroid dienone is 1. The molecule has 0 aliphatic heterocycles. The van der Waals surface area contributed by atoms with E-state index in [1.165, 1.54) is 6.26 Å². The van der Waals surface area contributed by atoms with Gasteiger partial charge in [-0.3, -0.25) is 0 Å². The maximum atomic E-state index is 11.2. The molecule has 0 bridgehead atoms. The number of alkyl halides is 1. The van der Waals surface area contributed by atoms with Crippen LogP contribution in [-0.2, 0) is 16.4 Å². The van der Waals surface area contributed by atoms with Crippen LogP contribution in [0, 0.1) is 0 Å². The highest BCUT2D eigenvalue weighted by atomic mass is 35.5. The second kappa shape index (κ2) is 6.79. The summed E-state index contributed by atoms with van der Waals surface area (Å²) in [5.41, 5.74) is 1.05. The highest BCUT2D eigenvalue weighted by molar-refractivity contribution is 7.90. The molecule has 0 saturated carbocycles. The van der Waals surface area contributed by atoms with E-state index in [0.29, 0.717) is 17.3 Å². The predicted molar refractivity (Wildman–Crippen MR) is 71.1 cm³/mol. The molecule has 0 atom stereocenters. The van der Waals surface area contributed by atoms with Crippen molar-refractivity contribution in [1.29, 1.82) is 0 Å². The lowest BCUT2D eigenvalue weighted by Gasteiger charge is -2.03. The van der Waals surface area contributed by atoms with E-state index in [2.05, 4.69) is 5.32 Å². The fraction of sp³-hybridized carbons (Fsp3) is 0.333. The zero-order valence-corrected chi connectivity index (χ0v) is 11.3. The molecular formula is C12H16ClNO2S. The minimum absolute atomic E-state index is 0.350. The summed E-state index contributed by atoms with van der Waals surface area (Å²) in [7, 11) is -3.10. The van der Waals surface area contributed by atoms with E-state index in [1.807, 2.05) is 24.3 Å². The van der Waals surface area contributed by atoms with Gasteiger partial charge in [0.1, 0.15) is 0 Å². The van der Waals surface area contributed by atoms with Crippen molar-refractivity contribution in [3.63, 3.8) is 0 Å². The van der Waals surface area contributed by atoms with Crippen LogP contribution >= 0.6 is 11.6 Å². The lowest BCUT2D eigenvalue weighted by Crippen LogP contribution is -2.12. The number of hydrogen-bond donors (Lipinski definition) is 1. The normalized spacial score (nSPS) is 12.1. The maximum absolute atomic E-state index is 11.2. The highest BCUT2D eigenvalue weighted by Gasteiger charge is 2.05. The van der Waals surface area contributed by atoms with Gasteiger partial charge in [-0.05, 0) is 17.7 Å². The molecule has 3 nitrogen and oxygen atoms in total. The highest BCUT2D eigenvalue weighted by Crippen LogP contribution is 2.09. The van der Waals surface area contributed by atoms with E-state index < -0.39 is 9.84 Å². The van der Waals surface area contributed by atoms with E-state index >= 15 is 0 Å². The van der Waals surface area contributed by atoms with Gasteiger partial charge in [-0.2, -0.15) is 0 Å². The Morgan fingerprint density at radius 3 is 2.41 bits per heavy atom. The van der Waals surface area contributed by atoms with E-state index in [4.69, 9.17) is 11.6 Å². The molecule has 0 radical (unpaired) electrons. The zero-order valence-electron chi connectivity index (χ0n) is 9.69. The third-order valence-electron chi connectivity index (χ3n) is 2.20.